The average Bonchev–Trinajstić information content (AvgIpc) is 2.06. The summed E-state index contributed by atoms with van der Waals surface area (Å²) in [6.45, 7) is 2.09. The fourth-order valence-electron chi connectivity index (χ4n) is 1.44. The molecule has 0 N–H and O–H groups in total. The summed E-state index contributed by atoms with van der Waals surface area (Å²) in [5.74, 6) is 1.26. The highest BCUT2D eigenvalue weighted by Gasteiger charge is 2.11. The van der Waals surface area contributed by atoms with Crippen LogP contribution in [0.3, 0.4) is 0 Å². The van der Waals surface area contributed by atoms with Gasteiger partial charge in [0.25, 0.3) is 0 Å². The monoisotopic (exact) mass is 165 g/mol. The molecule has 2 heteroatoms. The lowest BCUT2D eigenvalue weighted by Gasteiger charge is -2.15. The van der Waals surface area contributed by atoms with Crippen LogP contribution < -0.4 is 0 Å². The Labute approximate surface area is 71.2 Å². The molecule has 1 nitrogen and oxygen atoms in total. The molecule has 1 aliphatic heterocycles. The van der Waals surface area contributed by atoms with E-state index in [2.05, 4.69) is 18.0 Å². The van der Waals surface area contributed by atoms with E-state index in [-0.39, 0.29) is 0 Å². The molecule has 0 aliphatic carbocycles. The van der Waals surface area contributed by atoms with Crippen LogP contribution in [0.15, 0.2) is 17.2 Å². The molecule has 0 amide bonds. The Bertz CT molecular complexity index is 270. The zero-order valence-corrected chi connectivity index (χ0v) is 7.45. The van der Waals surface area contributed by atoms with E-state index in [0.717, 1.165) is 0 Å². The number of aryl methyl sites for hydroxylation is 2. The van der Waals surface area contributed by atoms with E-state index in [1.54, 1.807) is 0 Å². The van der Waals surface area contributed by atoms with Gasteiger partial charge in [-0.2, -0.15) is 0 Å². The van der Waals surface area contributed by atoms with Gasteiger partial charge in [-0.15, -0.1) is 11.8 Å². The first-order chi connectivity index (χ1) is 5.38. The second kappa shape index (κ2) is 2.86. The molecule has 0 fully saturated rings. The number of aromatic nitrogens is 1. The van der Waals surface area contributed by atoms with Gasteiger partial charge in [-0.25, -0.2) is 0 Å². The van der Waals surface area contributed by atoms with Gasteiger partial charge < -0.3 is 0 Å². The Morgan fingerprint density at radius 1 is 1.55 bits per heavy atom. The zero-order chi connectivity index (χ0) is 7.68. The van der Waals surface area contributed by atoms with Gasteiger partial charge in [-0.05, 0) is 37.1 Å². The number of fused-ring (bicyclic) bond motifs is 1. The van der Waals surface area contributed by atoms with Crippen LogP contribution in [0.5, 0.6) is 0 Å². The summed E-state index contributed by atoms with van der Waals surface area (Å²) in [5.41, 5.74) is 2.70. The van der Waals surface area contributed by atoms with Crippen molar-refractivity contribution in [3.8, 4) is 0 Å². The lowest BCUT2D eigenvalue weighted by molar-refractivity contribution is 0.869. The summed E-state index contributed by atoms with van der Waals surface area (Å²) in [4.78, 5) is 5.70. The molecular weight excluding hydrogens is 154 g/mol. The third kappa shape index (κ3) is 1.27. The first kappa shape index (κ1) is 7.17. The SMILES string of the molecule is Cc1nccc2c1SCCC2. The van der Waals surface area contributed by atoms with Gasteiger partial charge in [0.15, 0.2) is 0 Å². The van der Waals surface area contributed by atoms with E-state index >= 15 is 0 Å². The number of hydrogen-bond acceptors (Lipinski definition) is 2. The molecule has 58 valence electrons. The fraction of sp³-hybridized carbons (Fsp3) is 0.444. The molecule has 0 saturated carbocycles. The first-order valence-electron chi connectivity index (χ1n) is 3.95. The highest BCUT2D eigenvalue weighted by molar-refractivity contribution is 7.99. The minimum absolute atomic E-state index is 1.20. The third-order valence-corrected chi connectivity index (χ3v) is 3.34. The van der Waals surface area contributed by atoms with Crippen molar-refractivity contribution in [2.45, 2.75) is 24.7 Å². The van der Waals surface area contributed by atoms with Gasteiger partial charge >= 0.3 is 0 Å². The van der Waals surface area contributed by atoms with Crippen LogP contribution in [0, 0.1) is 6.92 Å². The second-order valence-electron chi connectivity index (χ2n) is 2.84. The van der Waals surface area contributed by atoms with Crippen molar-refractivity contribution >= 4 is 11.8 Å². The van der Waals surface area contributed by atoms with Gasteiger partial charge in [0.1, 0.15) is 0 Å². The lowest BCUT2D eigenvalue weighted by Crippen LogP contribution is -2.00. The molecular formula is C9H11NS. The van der Waals surface area contributed by atoms with E-state index in [1.807, 2.05) is 18.0 Å². The predicted octanol–water partition coefficient (Wildman–Crippen LogP) is 2.43. The number of hydrogen-bond donors (Lipinski definition) is 0. The Hall–Kier alpha value is -0.500. The number of rotatable bonds is 0. The maximum absolute atomic E-state index is 4.27. The summed E-state index contributed by atoms with van der Waals surface area (Å²) < 4.78 is 0. The maximum atomic E-state index is 4.27. The maximum Gasteiger partial charge on any atom is 0.0511 e. The quantitative estimate of drug-likeness (QED) is 0.585. The van der Waals surface area contributed by atoms with Crippen LogP contribution in [0.25, 0.3) is 0 Å². The van der Waals surface area contributed by atoms with Crippen LogP contribution in [0.2, 0.25) is 0 Å². The summed E-state index contributed by atoms with van der Waals surface area (Å²) >= 11 is 1.95. The van der Waals surface area contributed by atoms with E-state index < -0.39 is 0 Å². The summed E-state index contributed by atoms with van der Waals surface area (Å²) in [6.07, 6.45) is 4.48. The first-order valence-corrected chi connectivity index (χ1v) is 4.94. The van der Waals surface area contributed by atoms with Crippen molar-refractivity contribution in [3.05, 3.63) is 23.5 Å². The highest BCUT2D eigenvalue weighted by Crippen LogP contribution is 2.31. The molecule has 0 radical (unpaired) electrons. The molecule has 1 aliphatic rings. The average molecular weight is 165 g/mol. The van der Waals surface area contributed by atoms with E-state index in [0.29, 0.717) is 0 Å². The Kier molecular flexibility index (Phi) is 1.86. The Morgan fingerprint density at radius 2 is 2.45 bits per heavy atom. The van der Waals surface area contributed by atoms with Gasteiger partial charge in [0, 0.05) is 11.1 Å². The fourth-order valence-corrected chi connectivity index (χ4v) is 2.55. The van der Waals surface area contributed by atoms with Crippen LogP contribution in [-0.4, -0.2) is 10.7 Å². The minimum Gasteiger partial charge on any atom is -0.260 e. The molecule has 0 atom stereocenters. The van der Waals surface area contributed by atoms with Gasteiger partial charge in [-0.1, -0.05) is 0 Å². The number of pyridine rings is 1. The molecule has 0 spiro atoms. The zero-order valence-electron chi connectivity index (χ0n) is 6.63. The van der Waals surface area contributed by atoms with Crippen LogP contribution in [-0.2, 0) is 6.42 Å². The predicted molar refractivity (Wildman–Crippen MR) is 48.0 cm³/mol. The number of nitrogens with zero attached hydrogens (tertiary/aromatic N) is 1. The third-order valence-electron chi connectivity index (χ3n) is 2.00. The van der Waals surface area contributed by atoms with Crippen molar-refractivity contribution in [1.82, 2.24) is 4.98 Å². The van der Waals surface area contributed by atoms with Gasteiger partial charge in [-0.3, -0.25) is 4.98 Å². The molecule has 2 heterocycles. The molecule has 2 rings (SSSR count). The molecule has 1 aromatic heterocycles. The molecule has 11 heavy (non-hydrogen) atoms. The summed E-state index contributed by atoms with van der Waals surface area (Å²) in [5, 5.41) is 0. The molecule has 0 saturated heterocycles. The van der Waals surface area contributed by atoms with Crippen molar-refractivity contribution in [3.63, 3.8) is 0 Å². The Morgan fingerprint density at radius 3 is 3.27 bits per heavy atom. The van der Waals surface area contributed by atoms with E-state index in [4.69, 9.17) is 0 Å². The van der Waals surface area contributed by atoms with Crippen molar-refractivity contribution in [2.24, 2.45) is 0 Å². The second-order valence-corrected chi connectivity index (χ2v) is 3.94. The molecule has 0 aromatic carbocycles. The Balaban J connectivity index is 2.49. The highest BCUT2D eigenvalue weighted by atomic mass is 32.2. The minimum atomic E-state index is 1.20. The summed E-state index contributed by atoms with van der Waals surface area (Å²) in [6, 6.07) is 2.15. The normalized spacial score (nSPS) is 16.1. The van der Waals surface area contributed by atoms with Crippen LogP contribution in [0.4, 0.5) is 0 Å². The lowest BCUT2D eigenvalue weighted by atomic mass is 10.1. The van der Waals surface area contributed by atoms with Crippen LogP contribution in [0.1, 0.15) is 17.7 Å². The van der Waals surface area contributed by atoms with Crippen molar-refractivity contribution in [2.75, 3.05) is 5.75 Å². The number of thioether (sulfide) groups is 1. The summed E-state index contributed by atoms with van der Waals surface area (Å²) in [7, 11) is 0. The largest absolute Gasteiger partial charge is 0.260 e. The smallest absolute Gasteiger partial charge is 0.0511 e. The topological polar surface area (TPSA) is 12.9 Å². The van der Waals surface area contributed by atoms with Crippen LogP contribution >= 0.6 is 11.8 Å². The molecule has 0 unspecified atom stereocenters. The van der Waals surface area contributed by atoms with Crippen molar-refractivity contribution < 1.29 is 0 Å². The standard InChI is InChI=1S/C9H11NS/c1-7-9-8(4-5-10-7)3-2-6-11-9/h4-5H,2-3,6H2,1H3. The van der Waals surface area contributed by atoms with Crippen molar-refractivity contribution in [1.29, 1.82) is 0 Å². The molecule has 0 bridgehead atoms. The van der Waals surface area contributed by atoms with Gasteiger partial charge in [0.05, 0.1) is 5.69 Å². The van der Waals surface area contributed by atoms with E-state index in [1.165, 1.54) is 34.7 Å². The molecule has 1 aromatic rings. The van der Waals surface area contributed by atoms with E-state index in [9.17, 15) is 0 Å². The van der Waals surface area contributed by atoms with Gasteiger partial charge in [0.2, 0.25) is 0 Å².